The molecule has 3 rings (SSSR count). The lowest BCUT2D eigenvalue weighted by Gasteiger charge is -2.03. The van der Waals surface area contributed by atoms with E-state index in [1.807, 2.05) is 48.7 Å². The molecule has 1 aromatic carbocycles. The van der Waals surface area contributed by atoms with E-state index >= 15 is 0 Å². The van der Waals surface area contributed by atoms with Crippen molar-refractivity contribution in [2.75, 3.05) is 0 Å². The van der Waals surface area contributed by atoms with Crippen LogP contribution in [0.2, 0.25) is 0 Å². The van der Waals surface area contributed by atoms with Gasteiger partial charge in [0, 0.05) is 6.54 Å². The second-order valence-electron chi connectivity index (χ2n) is 4.68. The Bertz CT molecular complexity index is 730. The van der Waals surface area contributed by atoms with Crippen LogP contribution < -0.4 is 5.32 Å². The SMILES string of the molecule is Cc1ccc(CNC(=O)c2cnc(-c3cccs3)s2)cc1. The second-order valence-corrected chi connectivity index (χ2v) is 6.65. The second kappa shape index (κ2) is 6.20. The molecule has 0 saturated heterocycles. The highest BCUT2D eigenvalue weighted by Crippen LogP contribution is 2.28. The monoisotopic (exact) mass is 314 g/mol. The minimum Gasteiger partial charge on any atom is -0.347 e. The molecule has 3 nitrogen and oxygen atoms in total. The fourth-order valence-electron chi connectivity index (χ4n) is 1.87. The lowest BCUT2D eigenvalue weighted by atomic mass is 10.1. The predicted octanol–water partition coefficient (Wildman–Crippen LogP) is 4.11. The minimum absolute atomic E-state index is 0.0733. The Kier molecular flexibility index (Phi) is 4.13. The van der Waals surface area contributed by atoms with Gasteiger partial charge in [0.2, 0.25) is 0 Å². The van der Waals surface area contributed by atoms with Gasteiger partial charge in [-0.3, -0.25) is 4.79 Å². The third-order valence-corrected chi connectivity index (χ3v) is 5.07. The van der Waals surface area contributed by atoms with E-state index in [2.05, 4.69) is 10.3 Å². The average Bonchev–Trinajstić information content (AvgIpc) is 3.17. The lowest BCUT2D eigenvalue weighted by Crippen LogP contribution is -2.21. The normalized spacial score (nSPS) is 10.5. The summed E-state index contributed by atoms with van der Waals surface area (Å²) in [7, 11) is 0. The van der Waals surface area contributed by atoms with Crippen LogP contribution in [0.15, 0.2) is 48.0 Å². The molecule has 0 aliphatic carbocycles. The van der Waals surface area contributed by atoms with Gasteiger partial charge in [0.15, 0.2) is 0 Å². The molecule has 3 aromatic rings. The van der Waals surface area contributed by atoms with E-state index in [4.69, 9.17) is 0 Å². The highest BCUT2D eigenvalue weighted by Gasteiger charge is 2.11. The molecular formula is C16H14N2OS2. The van der Waals surface area contributed by atoms with E-state index in [9.17, 15) is 4.79 Å². The number of aryl methyl sites for hydroxylation is 1. The zero-order chi connectivity index (χ0) is 14.7. The maximum atomic E-state index is 12.1. The Morgan fingerprint density at radius 3 is 2.76 bits per heavy atom. The third kappa shape index (κ3) is 3.37. The number of nitrogens with one attached hydrogen (secondary N) is 1. The van der Waals surface area contributed by atoms with Crippen molar-refractivity contribution >= 4 is 28.6 Å². The van der Waals surface area contributed by atoms with Crippen LogP contribution in [0.5, 0.6) is 0 Å². The van der Waals surface area contributed by atoms with Gasteiger partial charge >= 0.3 is 0 Å². The number of thiophene rings is 1. The van der Waals surface area contributed by atoms with Gasteiger partial charge in [-0.15, -0.1) is 22.7 Å². The van der Waals surface area contributed by atoms with E-state index in [1.165, 1.54) is 16.9 Å². The van der Waals surface area contributed by atoms with Crippen LogP contribution >= 0.6 is 22.7 Å². The topological polar surface area (TPSA) is 42.0 Å². The fraction of sp³-hybridized carbons (Fsp3) is 0.125. The number of amides is 1. The number of benzene rings is 1. The van der Waals surface area contributed by atoms with E-state index in [1.54, 1.807) is 17.5 Å². The number of thiazole rings is 1. The lowest BCUT2D eigenvalue weighted by molar-refractivity contribution is 0.0955. The van der Waals surface area contributed by atoms with Crippen LogP contribution in [0.25, 0.3) is 9.88 Å². The first-order chi connectivity index (χ1) is 10.2. The number of carbonyl (C=O) groups is 1. The van der Waals surface area contributed by atoms with Crippen LogP contribution in [0.3, 0.4) is 0 Å². The summed E-state index contributed by atoms with van der Waals surface area (Å²) in [5.41, 5.74) is 2.31. The quantitative estimate of drug-likeness (QED) is 0.787. The number of rotatable bonds is 4. The van der Waals surface area contributed by atoms with Crippen molar-refractivity contribution < 1.29 is 4.79 Å². The van der Waals surface area contributed by atoms with Crippen molar-refractivity contribution in [3.63, 3.8) is 0 Å². The summed E-state index contributed by atoms with van der Waals surface area (Å²) < 4.78 is 0. The number of nitrogens with zero attached hydrogens (tertiary/aromatic N) is 1. The minimum atomic E-state index is -0.0733. The summed E-state index contributed by atoms with van der Waals surface area (Å²) in [6.07, 6.45) is 1.64. The molecule has 0 bridgehead atoms. The van der Waals surface area contributed by atoms with Gasteiger partial charge in [-0.1, -0.05) is 35.9 Å². The molecule has 5 heteroatoms. The Morgan fingerprint density at radius 2 is 2.05 bits per heavy atom. The van der Waals surface area contributed by atoms with Crippen molar-refractivity contribution in [3.8, 4) is 9.88 Å². The van der Waals surface area contributed by atoms with Gasteiger partial charge in [0.05, 0.1) is 11.1 Å². The Labute approximate surface area is 131 Å². The van der Waals surface area contributed by atoms with E-state index in [0.29, 0.717) is 11.4 Å². The summed E-state index contributed by atoms with van der Waals surface area (Å²) in [4.78, 5) is 18.2. The summed E-state index contributed by atoms with van der Waals surface area (Å²) in [5, 5.41) is 5.83. The molecule has 1 N–H and O–H groups in total. The third-order valence-electron chi connectivity index (χ3n) is 3.04. The Morgan fingerprint density at radius 1 is 1.24 bits per heavy atom. The molecule has 0 radical (unpaired) electrons. The van der Waals surface area contributed by atoms with Gasteiger partial charge in [-0.2, -0.15) is 0 Å². The first-order valence-electron chi connectivity index (χ1n) is 6.56. The van der Waals surface area contributed by atoms with Crippen molar-refractivity contribution in [1.82, 2.24) is 10.3 Å². The highest BCUT2D eigenvalue weighted by molar-refractivity contribution is 7.21. The molecule has 0 atom stereocenters. The zero-order valence-electron chi connectivity index (χ0n) is 11.5. The summed E-state index contributed by atoms with van der Waals surface area (Å²) in [6, 6.07) is 12.1. The molecule has 2 heterocycles. The standard InChI is InChI=1S/C16H14N2OS2/c1-11-4-6-12(7-5-11)9-17-15(19)14-10-18-16(21-14)13-3-2-8-20-13/h2-8,10H,9H2,1H3,(H,17,19). The maximum absolute atomic E-state index is 12.1. The van der Waals surface area contributed by atoms with Gasteiger partial charge in [-0.05, 0) is 23.9 Å². The van der Waals surface area contributed by atoms with Crippen molar-refractivity contribution in [1.29, 1.82) is 0 Å². The Balaban J connectivity index is 1.64. The molecule has 1 amide bonds. The number of aromatic nitrogens is 1. The first kappa shape index (κ1) is 14.0. The van der Waals surface area contributed by atoms with Crippen LogP contribution in [-0.4, -0.2) is 10.9 Å². The zero-order valence-corrected chi connectivity index (χ0v) is 13.1. The van der Waals surface area contributed by atoms with E-state index in [0.717, 1.165) is 15.4 Å². The molecule has 0 aliphatic heterocycles. The average molecular weight is 314 g/mol. The van der Waals surface area contributed by atoms with Crippen molar-refractivity contribution in [3.05, 3.63) is 64.0 Å². The number of hydrogen-bond donors (Lipinski definition) is 1. The van der Waals surface area contributed by atoms with E-state index < -0.39 is 0 Å². The molecule has 0 saturated carbocycles. The largest absolute Gasteiger partial charge is 0.347 e. The van der Waals surface area contributed by atoms with Crippen molar-refractivity contribution in [2.45, 2.75) is 13.5 Å². The van der Waals surface area contributed by atoms with Crippen LogP contribution in [0.1, 0.15) is 20.8 Å². The summed E-state index contributed by atoms with van der Waals surface area (Å²) >= 11 is 3.05. The van der Waals surface area contributed by atoms with Gasteiger partial charge in [0.1, 0.15) is 9.88 Å². The summed E-state index contributed by atoms with van der Waals surface area (Å²) in [6.45, 7) is 2.58. The number of hydrogen-bond acceptors (Lipinski definition) is 4. The predicted molar refractivity (Wildman–Crippen MR) is 87.8 cm³/mol. The fourth-order valence-corrected chi connectivity index (χ4v) is 3.50. The molecule has 21 heavy (non-hydrogen) atoms. The molecule has 106 valence electrons. The van der Waals surface area contributed by atoms with Crippen LogP contribution in [-0.2, 0) is 6.54 Å². The smallest absolute Gasteiger partial charge is 0.263 e. The van der Waals surface area contributed by atoms with Crippen LogP contribution in [0.4, 0.5) is 0 Å². The van der Waals surface area contributed by atoms with E-state index in [-0.39, 0.29) is 5.91 Å². The van der Waals surface area contributed by atoms with Gasteiger partial charge < -0.3 is 5.32 Å². The molecular weight excluding hydrogens is 300 g/mol. The summed E-state index contributed by atoms with van der Waals surface area (Å²) in [5.74, 6) is -0.0733. The van der Waals surface area contributed by atoms with Gasteiger partial charge in [-0.25, -0.2) is 4.98 Å². The highest BCUT2D eigenvalue weighted by atomic mass is 32.1. The van der Waals surface area contributed by atoms with Gasteiger partial charge in [0.25, 0.3) is 5.91 Å². The van der Waals surface area contributed by atoms with Crippen LogP contribution in [0, 0.1) is 6.92 Å². The molecule has 0 aliphatic rings. The number of carbonyl (C=O) groups excluding carboxylic acids is 1. The maximum Gasteiger partial charge on any atom is 0.263 e. The molecule has 0 unspecified atom stereocenters. The molecule has 0 fully saturated rings. The Hall–Kier alpha value is -1.98. The first-order valence-corrected chi connectivity index (χ1v) is 8.25. The molecule has 0 spiro atoms. The van der Waals surface area contributed by atoms with Crippen molar-refractivity contribution in [2.24, 2.45) is 0 Å². The molecule has 2 aromatic heterocycles.